The number of thiophene rings is 1. The smallest absolute Gasteiger partial charge is 0.263 e. The third kappa shape index (κ3) is 4.22. The van der Waals surface area contributed by atoms with Crippen molar-refractivity contribution >= 4 is 23.0 Å². The lowest BCUT2D eigenvalue weighted by atomic mass is 9.97. The van der Waals surface area contributed by atoms with Gasteiger partial charge in [0.25, 0.3) is 5.91 Å². The molecule has 0 N–H and O–H groups in total. The number of hydrogen-bond acceptors (Lipinski definition) is 5. The number of amides is 1. The normalized spacial score (nSPS) is 17.7. The molecule has 0 aliphatic carbocycles. The van der Waals surface area contributed by atoms with Crippen molar-refractivity contribution < 1.29 is 9.59 Å². The Labute approximate surface area is 158 Å². The molecule has 1 aliphatic heterocycles. The lowest BCUT2D eigenvalue weighted by Gasteiger charge is -2.32. The molecule has 1 saturated heterocycles. The van der Waals surface area contributed by atoms with Gasteiger partial charge < -0.3 is 14.4 Å². The van der Waals surface area contributed by atoms with Crippen LogP contribution < -0.4 is 0 Å². The van der Waals surface area contributed by atoms with Crippen molar-refractivity contribution in [2.75, 3.05) is 33.7 Å². The summed E-state index contributed by atoms with van der Waals surface area (Å²) in [6, 6.07) is 3.51. The van der Waals surface area contributed by atoms with Gasteiger partial charge in [-0.15, -0.1) is 11.3 Å². The second-order valence-corrected chi connectivity index (χ2v) is 8.18. The molecular formula is C19H26N4O2S. The highest BCUT2D eigenvalue weighted by atomic mass is 32.1. The molecule has 0 bridgehead atoms. The zero-order chi connectivity index (χ0) is 18.7. The van der Waals surface area contributed by atoms with Crippen molar-refractivity contribution in [2.24, 2.45) is 0 Å². The fraction of sp³-hybridized carbons (Fsp3) is 0.526. The molecule has 0 unspecified atom stereocenters. The van der Waals surface area contributed by atoms with E-state index in [1.54, 1.807) is 12.1 Å². The van der Waals surface area contributed by atoms with Crippen LogP contribution in [0.5, 0.6) is 0 Å². The lowest BCUT2D eigenvalue weighted by Crippen LogP contribution is -2.39. The number of piperidine rings is 1. The molecular weight excluding hydrogens is 348 g/mol. The minimum Gasteiger partial charge on any atom is -0.337 e. The van der Waals surface area contributed by atoms with Crippen LogP contribution in [0, 0.1) is 0 Å². The molecule has 6 nitrogen and oxygen atoms in total. The van der Waals surface area contributed by atoms with Crippen LogP contribution in [-0.2, 0) is 6.54 Å². The van der Waals surface area contributed by atoms with Crippen molar-refractivity contribution in [3.05, 3.63) is 40.1 Å². The Morgan fingerprint density at radius 1 is 1.31 bits per heavy atom. The molecule has 0 aromatic carbocycles. The number of likely N-dealkylation sites (N-methyl/N-ethyl adjacent to an activating group) is 1. The number of hydrogen-bond donors (Lipinski definition) is 0. The second kappa shape index (κ2) is 8.14. The first-order chi connectivity index (χ1) is 12.5. The Morgan fingerprint density at radius 3 is 2.77 bits per heavy atom. The maximum absolute atomic E-state index is 12.8. The van der Waals surface area contributed by atoms with E-state index in [0.717, 1.165) is 38.3 Å². The van der Waals surface area contributed by atoms with Crippen LogP contribution in [0.1, 0.15) is 50.9 Å². The van der Waals surface area contributed by atoms with Gasteiger partial charge in [-0.2, -0.15) is 0 Å². The van der Waals surface area contributed by atoms with E-state index in [2.05, 4.69) is 28.5 Å². The average molecular weight is 375 g/mol. The van der Waals surface area contributed by atoms with Gasteiger partial charge in [0.2, 0.25) is 0 Å². The summed E-state index contributed by atoms with van der Waals surface area (Å²) in [5, 5.41) is 0. The van der Waals surface area contributed by atoms with Crippen LogP contribution in [0.3, 0.4) is 0 Å². The Hall–Kier alpha value is -1.99. The summed E-state index contributed by atoms with van der Waals surface area (Å²) in [7, 11) is 4.13. The maximum atomic E-state index is 12.8. The monoisotopic (exact) mass is 374 g/mol. The maximum Gasteiger partial charge on any atom is 0.263 e. The SMILES string of the molecule is CC(=O)c1ccc(C(=O)N2CCC[C@@H](c3nccn3CCN(C)C)C2)s1. The molecule has 3 heterocycles. The van der Waals surface area contributed by atoms with Gasteiger partial charge in [0.15, 0.2) is 5.78 Å². The van der Waals surface area contributed by atoms with Crippen LogP contribution >= 0.6 is 11.3 Å². The van der Waals surface area contributed by atoms with Crippen LogP contribution in [0.4, 0.5) is 0 Å². The summed E-state index contributed by atoms with van der Waals surface area (Å²) in [5.74, 6) is 1.36. The van der Waals surface area contributed by atoms with Crippen molar-refractivity contribution in [3.63, 3.8) is 0 Å². The van der Waals surface area contributed by atoms with Crippen molar-refractivity contribution in [2.45, 2.75) is 32.2 Å². The summed E-state index contributed by atoms with van der Waals surface area (Å²) in [6.07, 6.45) is 5.90. The van der Waals surface area contributed by atoms with Gasteiger partial charge in [-0.05, 0) is 46.0 Å². The summed E-state index contributed by atoms with van der Waals surface area (Å²) < 4.78 is 2.21. The third-order valence-electron chi connectivity index (χ3n) is 4.77. The molecule has 2 aromatic rings. The average Bonchev–Trinajstić information content (AvgIpc) is 3.29. The molecule has 0 saturated carbocycles. The number of aromatic nitrogens is 2. The third-order valence-corrected chi connectivity index (χ3v) is 5.95. The number of imidazole rings is 1. The zero-order valence-electron chi connectivity index (χ0n) is 15.6. The Bertz CT molecular complexity index is 780. The molecule has 0 spiro atoms. The highest BCUT2D eigenvalue weighted by Crippen LogP contribution is 2.28. The lowest BCUT2D eigenvalue weighted by molar-refractivity contribution is 0.0708. The van der Waals surface area contributed by atoms with Gasteiger partial charge >= 0.3 is 0 Å². The summed E-state index contributed by atoms with van der Waals surface area (Å²) >= 11 is 1.29. The minimum atomic E-state index is 0.00786. The van der Waals surface area contributed by atoms with Crippen LogP contribution in [-0.4, -0.2) is 64.8 Å². The summed E-state index contributed by atoms with van der Waals surface area (Å²) in [4.78, 5) is 34.3. The van der Waals surface area contributed by atoms with Gasteiger partial charge in [-0.3, -0.25) is 9.59 Å². The Balaban J connectivity index is 1.70. The number of ketones is 1. The van der Waals surface area contributed by atoms with Gasteiger partial charge in [0, 0.05) is 44.5 Å². The van der Waals surface area contributed by atoms with E-state index in [4.69, 9.17) is 0 Å². The molecule has 1 aliphatic rings. The van der Waals surface area contributed by atoms with Crippen molar-refractivity contribution in [1.29, 1.82) is 0 Å². The Morgan fingerprint density at radius 2 is 2.08 bits per heavy atom. The van der Waals surface area contributed by atoms with E-state index in [0.29, 0.717) is 16.3 Å². The number of Topliss-reactive ketones (excluding diaryl/α,β-unsaturated/α-hetero) is 1. The summed E-state index contributed by atoms with van der Waals surface area (Å²) in [6.45, 7) is 4.85. The molecule has 1 amide bonds. The van der Waals surface area contributed by atoms with E-state index >= 15 is 0 Å². The number of likely N-dealkylation sites (tertiary alicyclic amines) is 1. The topological polar surface area (TPSA) is 58.4 Å². The van der Waals surface area contributed by atoms with Crippen LogP contribution in [0.2, 0.25) is 0 Å². The molecule has 26 heavy (non-hydrogen) atoms. The van der Waals surface area contributed by atoms with Crippen LogP contribution in [0.25, 0.3) is 0 Å². The fourth-order valence-electron chi connectivity index (χ4n) is 3.35. The van der Waals surface area contributed by atoms with Gasteiger partial charge in [0.1, 0.15) is 5.82 Å². The predicted molar refractivity (Wildman–Crippen MR) is 103 cm³/mol. The number of carbonyl (C=O) groups is 2. The Kier molecular flexibility index (Phi) is 5.88. The highest BCUT2D eigenvalue weighted by molar-refractivity contribution is 7.15. The molecule has 2 aromatic heterocycles. The van der Waals surface area contributed by atoms with E-state index in [9.17, 15) is 9.59 Å². The first kappa shape index (κ1) is 18.8. The number of carbonyl (C=O) groups excluding carboxylic acids is 2. The van der Waals surface area contributed by atoms with E-state index in [1.807, 2.05) is 17.3 Å². The molecule has 140 valence electrons. The largest absolute Gasteiger partial charge is 0.337 e. The van der Waals surface area contributed by atoms with Gasteiger partial charge in [0.05, 0.1) is 9.75 Å². The standard InChI is InChI=1S/C19H26N4O2S/c1-14(24)16-6-7-17(26-16)19(25)23-9-4-5-15(13-23)18-20-8-10-22(18)12-11-21(2)3/h6-8,10,15H,4-5,9,11-13H2,1-3H3/t15-/m1/s1. The second-order valence-electron chi connectivity index (χ2n) is 7.09. The fourth-order valence-corrected chi connectivity index (χ4v) is 4.22. The highest BCUT2D eigenvalue weighted by Gasteiger charge is 2.28. The first-order valence-corrected chi connectivity index (χ1v) is 9.83. The van der Waals surface area contributed by atoms with Crippen LogP contribution in [0.15, 0.2) is 24.5 Å². The van der Waals surface area contributed by atoms with Gasteiger partial charge in [-0.25, -0.2) is 4.98 Å². The molecule has 0 radical (unpaired) electrons. The summed E-state index contributed by atoms with van der Waals surface area (Å²) in [5.41, 5.74) is 0. The first-order valence-electron chi connectivity index (χ1n) is 9.01. The van der Waals surface area contributed by atoms with E-state index < -0.39 is 0 Å². The van der Waals surface area contributed by atoms with E-state index in [1.165, 1.54) is 18.3 Å². The molecule has 1 fully saturated rings. The van der Waals surface area contributed by atoms with Crippen molar-refractivity contribution in [3.8, 4) is 0 Å². The minimum absolute atomic E-state index is 0.00786. The zero-order valence-corrected chi connectivity index (χ0v) is 16.5. The molecule has 7 heteroatoms. The van der Waals surface area contributed by atoms with Gasteiger partial charge in [-0.1, -0.05) is 0 Å². The van der Waals surface area contributed by atoms with Crippen molar-refractivity contribution in [1.82, 2.24) is 19.4 Å². The predicted octanol–water partition coefficient (Wildman–Crippen LogP) is 2.73. The number of rotatable bonds is 6. The molecule has 1 atom stereocenters. The molecule has 3 rings (SSSR count). The quantitative estimate of drug-likeness (QED) is 0.730. The number of nitrogens with zero attached hydrogens (tertiary/aromatic N) is 4. The van der Waals surface area contributed by atoms with E-state index in [-0.39, 0.29) is 17.6 Å².